The molecule has 3 aliphatic rings. The molecular weight excluding hydrogens is 512 g/mol. The standard InChI is InChI=1S/C29H38N6O5/c1-19-6-9-24-22(18-30-35(24)25-5-3-4-14-39-25)26(19)20-7-8-21-23(17-20)31-28(40-16-15-38-2)32-27(21)33-10-12-34(13-11-33)29(36)37/h6,9,18,20,25H,3-5,7-8,10-17H2,1-2H3,(H,36,37). The van der Waals surface area contributed by atoms with Gasteiger partial charge in [-0.05, 0) is 68.6 Å². The van der Waals surface area contributed by atoms with Crippen molar-refractivity contribution >= 4 is 22.8 Å². The first-order valence-electron chi connectivity index (χ1n) is 14.4. The zero-order chi connectivity index (χ0) is 27.6. The number of rotatable bonds is 7. The van der Waals surface area contributed by atoms with Gasteiger partial charge in [-0.15, -0.1) is 0 Å². The normalized spacial score (nSPS) is 21.4. The highest BCUT2D eigenvalue weighted by Crippen LogP contribution is 2.41. The van der Waals surface area contributed by atoms with Crippen molar-refractivity contribution in [2.45, 2.75) is 57.6 Å². The molecule has 6 rings (SSSR count). The van der Waals surface area contributed by atoms with Crippen LogP contribution < -0.4 is 9.64 Å². The summed E-state index contributed by atoms with van der Waals surface area (Å²) in [5.74, 6) is 1.16. The number of piperazine rings is 1. The third kappa shape index (κ3) is 5.19. The smallest absolute Gasteiger partial charge is 0.407 e. The van der Waals surface area contributed by atoms with Gasteiger partial charge in [0.25, 0.3) is 0 Å². The molecule has 2 aliphatic heterocycles. The van der Waals surface area contributed by atoms with Crippen LogP contribution in [0.3, 0.4) is 0 Å². The largest absolute Gasteiger partial charge is 0.465 e. The lowest BCUT2D eigenvalue weighted by atomic mass is 9.79. The van der Waals surface area contributed by atoms with Gasteiger partial charge in [0.1, 0.15) is 12.4 Å². The number of ether oxygens (including phenoxy) is 3. The monoisotopic (exact) mass is 550 g/mol. The number of hydrogen-bond donors (Lipinski definition) is 1. The summed E-state index contributed by atoms with van der Waals surface area (Å²) in [5, 5.41) is 15.4. The Balaban J connectivity index is 1.32. The fraction of sp³-hybridized carbons (Fsp3) is 0.586. The fourth-order valence-corrected chi connectivity index (χ4v) is 6.41. The Labute approximate surface area is 234 Å². The van der Waals surface area contributed by atoms with Crippen LogP contribution in [0.1, 0.15) is 60.2 Å². The summed E-state index contributed by atoms with van der Waals surface area (Å²) in [5.41, 5.74) is 5.88. The maximum absolute atomic E-state index is 11.5. The molecule has 4 heterocycles. The van der Waals surface area contributed by atoms with Crippen LogP contribution in [-0.2, 0) is 22.3 Å². The minimum absolute atomic E-state index is 0.00223. The zero-order valence-corrected chi connectivity index (χ0v) is 23.3. The molecule has 3 aromatic rings. The summed E-state index contributed by atoms with van der Waals surface area (Å²) in [6.07, 6.45) is 7.00. The van der Waals surface area contributed by atoms with Gasteiger partial charge < -0.3 is 29.1 Å². The maximum Gasteiger partial charge on any atom is 0.407 e. The average Bonchev–Trinajstić information content (AvgIpc) is 3.41. The van der Waals surface area contributed by atoms with Crippen molar-refractivity contribution in [1.29, 1.82) is 0 Å². The van der Waals surface area contributed by atoms with Gasteiger partial charge in [0.2, 0.25) is 0 Å². The van der Waals surface area contributed by atoms with Gasteiger partial charge in [-0.2, -0.15) is 15.1 Å². The predicted molar refractivity (Wildman–Crippen MR) is 149 cm³/mol. The highest BCUT2D eigenvalue weighted by molar-refractivity contribution is 5.84. The second-order valence-electron chi connectivity index (χ2n) is 10.9. The van der Waals surface area contributed by atoms with Gasteiger partial charge in [0, 0.05) is 50.8 Å². The summed E-state index contributed by atoms with van der Waals surface area (Å²) < 4.78 is 19.2. The Morgan fingerprint density at radius 3 is 2.73 bits per heavy atom. The van der Waals surface area contributed by atoms with Crippen molar-refractivity contribution < 1.29 is 24.1 Å². The van der Waals surface area contributed by atoms with Crippen LogP contribution in [0.25, 0.3) is 10.9 Å². The minimum atomic E-state index is -0.876. The second-order valence-corrected chi connectivity index (χ2v) is 10.9. The van der Waals surface area contributed by atoms with Crippen LogP contribution in [0.15, 0.2) is 18.3 Å². The quantitative estimate of drug-likeness (QED) is 0.437. The Kier molecular flexibility index (Phi) is 7.75. The van der Waals surface area contributed by atoms with Gasteiger partial charge in [-0.1, -0.05) is 6.07 Å². The van der Waals surface area contributed by atoms with E-state index < -0.39 is 6.09 Å². The molecule has 1 amide bonds. The van der Waals surface area contributed by atoms with Crippen molar-refractivity contribution in [2.75, 3.05) is 58.0 Å². The lowest BCUT2D eigenvalue weighted by molar-refractivity contribution is -0.0366. The van der Waals surface area contributed by atoms with Gasteiger partial charge in [0.05, 0.1) is 24.0 Å². The number of hydrogen-bond acceptors (Lipinski definition) is 8. The van der Waals surface area contributed by atoms with Crippen LogP contribution in [0.4, 0.5) is 10.6 Å². The Morgan fingerprint density at radius 1 is 1.12 bits per heavy atom. The number of carbonyl (C=O) groups is 1. The van der Waals surface area contributed by atoms with Crippen LogP contribution in [0.2, 0.25) is 0 Å². The first-order chi connectivity index (χ1) is 19.5. The molecule has 2 fully saturated rings. The number of methoxy groups -OCH3 is 1. The zero-order valence-electron chi connectivity index (χ0n) is 23.3. The van der Waals surface area contributed by atoms with Gasteiger partial charge >= 0.3 is 12.1 Å². The number of amides is 1. The molecule has 214 valence electrons. The molecule has 1 N–H and O–H groups in total. The molecule has 2 unspecified atom stereocenters. The highest BCUT2D eigenvalue weighted by Gasteiger charge is 2.31. The molecule has 2 saturated heterocycles. The number of aromatic nitrogens is 4. The molecule has 0 saturated carbocycles. The molecule has 1 aliphatic carbocycles. The number of anilines is 1. The Bertz CT molecular complexity index is 1360. The van der Waals surface area contributed by atoms with Crippen LogP contribution in [-0.4, -0.2) is 89.0 Å². The van der Waals surface area contributed by atoms with Gasteiger partial charge in [-0.3, -0.25) is 0 Å². The first kappa shape index (κ1) is 26.8. The molecule has 0 spiro atoms. The van der Waals surface area contributed by atoms with Gasteiger partial charge in [0.15, 0.2) is 6.23 Å². The van der Waals surface area contributed by atoms with E-state index in [4.69, 9.17) is 29.3 Å². The van der Waals surface area contributed by atoms with Crippen molar-refractivity contribution in [1.82, 2.24) is 24.6 Å². The SMILES string of the molecule is COCCOc1nc2c(c(N3CCN(C(=O)O)CC3)n1)CCC(c1c(C)ccc3c1cnn3C1CCCCO1)C2. The van der Waals surface area contributed by atoms with E-state index in [0.717, 1.165) is 67.7 Å². The van der Waals surface area contributed by atoms with Crippen molar-refractivity contribution in [3.05, 3.63) is 40.7 Å². The number of carboxylic acid groups (broad SMARTS) is 1. The number of fused-ring (bicyclic) bond motifs is 2. The summed E-state index contributed by atoms with van der Waals surface area (Å²) in [4.78, 5) is 24.8. The van der Waals surface area contributed by atoms with Crippen LogP contribution in [0, 0.1) is 6.92 Å². The molecule has 0 radical (unpaired) electrons. The van der Waals surface area contributed by atoms with E-state index in [2.05, 4.69) is 28.6 Å². The van der Waals surface area contributed by atoms with Crippen molar-refractivity contribution in [3.8, 4) is 6.01 Å². The van der Waals surface area contributed by atoms with E-state index >= 15 is 0 Å². The summed E-state index contributed by atoms with van der Waals surface area (Å²) >= 11 is 0. The Hall–Kier alpha value is -3.44. The van der Waals surface area contributed by atoms with Gasteiger partial charge in [-0.25, -0.2) is 9.48 Å². The number of nitrogens with zero attached hydrogens (tertiary/aromatic N) is 6. The molecule has 11 nitrogen and oxygen atoms in total. The molecule has 2 atom stereocenters. The molecule has 2 aromatic heterocycles. The summed E-state index contributed by atoms with van der Waals surface area (Å²) in [7, 11) is 1.64. The van der Waals surface area contributed by atoms with Crippen LogP contribution in [0.5, 0.6) is 6.01 Å². The molecule has 40 heavy (non-hydrogen) atoms. The summed E-state index contributed by atoms with van der Waals surface area (Å²) in [6.45, 7) is 5.88. The van der Waals surface area contributed by atoms with E-state index in [1.807, 2.05) is 6.20 Å². The predicted octanol–water partition coefficient (Wildman–Crippen LogP) is 3.93. The molecule has 0 bridgehead atoms. The lowest BCUT2D eigenvalue weighted by Crippen LogP contribution is -2.49. The average molecular weight is 551 g/mol. The molecule has 1 aromatic carbocycles. The summed E-state index contributed by atoms with van der Waals surface area (Å²) in [6, 6.07) is 4.74. The highest BCUT2D eigenvalue weighted by atomic mass is 16.5. The van der Waals surface area contributed by atoms with Crippen LogP contribution >= 0.6 is 0 Å². The topological polar surface area (TPSA) is 115 Å². The van der Waals surface area contributed by atoms with E-state index in [1.54, 1.807) is 7.11 Å². The second kappa shape index (κ2) is 11.6. The third-order valence-electron chi connectivity index (χ3n) is 8.48. The molecule has 11 heteroatoms. The van der Waals surface area contributed by atoms with Crippen molar-refractivity contribution in [3.63, 3.8) is 0 Å². The first-order valence-corrected chi connectivity index (χ1v) is 14.4. The fourth-order valence-electron chi connectivity index (χ4n) is 6.41. The van der Waals surface area contributed by atoms with Crippen molar-refractivity contribution in [2.24, 2.45) is 0 Å². The Morgan fingerprint density at radius 2 is 1.98 bits per heavy atom. The van der Waals surface area contributed by atoms with E-state index in [9.17, 15) is 9.90 Å². The minimum Gasteiger partial charge on any atom is -0.465 e. The number of benzene rings is 1. The molecular formula is C29H38N6O5. The third-order valence-corrected chi connectivity index (χ3v) is 8.48. The number of aryl methyl sites for hydroxylation is 1. The van der Waals surface area contributed by atoms with E-state index in [-0.39, 0.29) is 6.23 Å². The van der Waals surface area contributed by atoms with E-state index in [0.29, 0.717) is 51.3 Å². The van der Waals surface area contributed by atoms with E-state index in [1.165, 1.54) is 21.4 Å². The maximum atomic E-state index is 11.5. The lowest BCUT2D eigenvalue weighted by Gasteiger charge is -2.36.